The van der Waals surface area contributed by atoms with E-state index in [1.165, 1.54) is 30.3 Å². The molecule has 2 aromatic rings. The first-order chi connectivity index (χ1) is 13.9. The summed E-state index contributed by atoms with van der Waals surface area (Å²) in [5.41, 5.74) is 5.33. The molecule has 3 rings (SSSR count). The van der Waals surface area contributed by atoms with Crippen molar-refractivity contribution in [3.05, 3.63) is 48.0 Å². The van der Waals surface area contributed by atoms with Gasteiger partial charge in [-0.25, -0.2) is 4.79 Å². The molecule has 6 nitrogen and oxygen atoms in total. The van der Waals surface area contributed by atoms with Crippen LogP contribution in [0.4, 0.5) is 32.0 Å². The molecular formula is C18H12F6N2O4. The lowest BCUT2D eigenvalue weighted by Crippen LogP contribution is -2.49. The van der Waals surface area contributed by atoms with Crippen molar-refractivity contribution in [1.29, 1.82) is 0 Å². The smallest absolute Gasteiger partial charge is 0.450 e. The molecule has 1 amide bonds. The number of hydrogen-bond donors (Lipinski definition) is 2. The summed E-state index contributed by atoms with van der Waals surface area (Å²) < 4.78 is 84.9. The minimum Gasteiger partial charge on any atom is -0.450 e. The molecular weight excluding hydrogens is 422 g/mol. The fourth-order valence-electron chi connectivity index (χ4n) is 2.56. The summed E-state index contributed by atoms with van der Waals surface area (Å²) in [7, 11) is 0. The molecule has 0 saturated carbocycles. The summed E-state index contributed by atoms with van der Waals surface area (Å²) in [6, 6.07) is 6.34. The minimum absolute atomic E-state index is 0.0247. The first-order valence-corrected chi connectivity index (χ1v) is 8.19. The predicted molar refractivity (Wildman–Crippen MR) is 90.0 cm³/mol. The number of esters is 1. The molecule has 160 valence electrons. The number of hydrogen-bond acceptors (Lipinski definition) is 5. The van der Waals surface area contributed by atoms with Gasteiger partial charge >= 0.3 is 18.3 Å². The van der Waals surface area contributed by atoms with Crippen LogP contribution in [-0.4, -0.2) is 30.4 Å². The number of alkyl halides is 6. The van der Waals surface area contributed by atoms with E-state index in [4.69, 9.17) is 10.5 Å². The summed E-state index contributed by atoms with van der Waals surface area (Å²) in [5.74, 6) is -3.75. The average Bonchev–Trinajstić information content (AvgIpc) is 2.77. The SMILES string of the molecule is N[C@H]1C(=O)Nc2ccc(-c3ccc(C(F)(F)F)cc3)cc2OC1OC(=O)C(F)(F)F. The Hall–Kier alpha value is -3.28. The molecule has 30 heavy (non-hydrogen) atoms. The van der Waals surface area contributed by atoms with Gasteiger partial charge < -0.3 is 20.5 Å². The Kier molecular flexibility index (Phi) is 5.37. The van der Waals surface area contributed by atoms with Crippen molar-refractivity contribution in [2.45, 2.75) is 24.7 Å². The molecule has 0 aromatic heterocycles. The summed E-state index contributed by atoms with van der Waals surface area (Å²) in [5, 5.41) is 2.31. The largest absolute Gasteiger partial charge is 0.491 e. The normalized spacial score (nSPS) is 19.2. The summed E-state index contributed by atoms with van der Waals surface area (Å²) in [6.45, 7) is 0. The molecule has 0 radical (unpaired) electrons. The Morgan fingerprint density at radius 3 is 2.17 bits per heavy atom. The van der Waals surface area contributed by atoms with Crippen molar-refractivity contribution in [3.63, 3.8) is 0 Å². The molecule has 0 spiro atoms. The maximum atomic E-state index is 12.7. The molecule has 1 aliphatic rings. The summed E-state index contributed by atoms with van der Waals surface area (Å²) >= 11 is 0. The molecule has 3 N–H and O–H groups in total. The number of benzene rings is 2. The van der Waals surface area contributed by atoms with Crippen LogP contribution in [0.15, 0.2) is 42.5 Å². The van der Waals surface area contributed by atoms with E-state index in [9.17, 15) is 35.9 Å². The molecule has 2 atom stereocenters. The minimum atomic E-state index is -5.34. The molecule has 0 saturated heterocycles. The molecule has 0 aliphatic carbocycles. The fourth-order valence-corrected chi connectivity index (χ4v) is 2.56. The van der Waals surface area contributed by atoms with Gasteiger partial charge in [-0.2, -0.15) is 26.3 Å². The van der Waals surface area contributed by atoms with E-state index in [2.05, 4.69) is 10.1 Å². The fraction of sp³-hybridized carbons (Fsp3) is 0.222. The number of rotatable bonds is 2. The van der Waals surface area contributed by atoms with Gasteiger partial charge in [0.1, 0.15) is 5.75 Å². The lowest BCUT2D eigenvalue weighted by molar-refractivity contribution is -0.217. The predicted octanol–water partition coefficient (Wildman–Crippen LogP) is 3.46. The van der Waals surface area contributed by atoms with Crippen molar-refractivity contribution in [2.75, 3.05) is 5.32 Å². The van der Waals surface area contributed by atoms with Gasteiger partial charge in [0.15, 0.2) is 6.04 Å². The third-order valence-electron chi connectivity index (χ3n) is 4.08. The Labute approximate surface area is 164 Å². The maximum Gasteiger partial charge on any atom is 0.491 e. The number of halogens is 6. The number of nitrogens with one attached hydrogen (secondary N) is 1. The van der Waals surface area contributed by atoms with Gasteiger partial charge in [0.05, 0.1) is 11.3 Å². The highest BCUT2D eigenvalue weighted by molar-refractivity contribution is 5.97. The van der Waals surface area contributed by atoms with Gasteiger partial charge in [0.25, 0.3) is 6.29 Å². The van der Waals surface area contributed by atoms with Crippen molar-refractivity contribution < 1.29 is 45.4 Å². The Morgan fingerprint density at radius 2 is 1.60 bits per heavy atom. The van der Waals surface area contributed by atoms with Gasteiger partial charge in [-0.15, -0.1) is 0 Å². The highest BCUT2D eigenvalue weighted by Gasteiger charge is 2.45. The third kappa shape index (κ3) is 4.48. The van der Waals surface area contributed by atoms with E-state index in [1.807, 2.05) is 0 Å². The first kappa shape index (κ1) is 21.4. The maximum absolute atomic E-state index is 12.7. The monoisotopic (exact) mass is 434 g/mol. The highest BCUT2D eigenvalue weighted by Crippen LogP contribution is 2.36. The van der Waals surface area contributed by atoms with Crippen LogP contribution in [0, 0.1) is 0 Å². The Balaban J connectivity index is 1.92. The van der Waals surface area contributed by atoms with Crippen LogP contribution in [0.1, 0.15) is 5.56 Å². The lowest BCUT2D eigenvalue weighted by atomic mass is 10.0. The standard InChI is InChI=1S/C18H12F6N2O4/c19-17(20,21)10-4-1-8(2-5-10)9-3-6-11-12(7-9)29-15(13(25)14(27)26-11)30-16(28)18(22,23)24/h1-7,13,15H,25H2,(H,26,27)/t13-,15?/m0/s1. The van der Waals surface area contributed by atoms with Crippen LogP contribution in [0.2, 0.25) is 0 Å². The second-order valence-corrected chi connectivity index (χ2v) is 6.19. The van der Waals surface area contributed by atoms with Crippen molar-refractivity contribution in [3.8, 4) is 16.9 Å². The summed E-state index contributed by atoms with van der Waals surface area (Å²) in [4.78, 5) is 23.1. The number of anilines is 1. The zero-order valence-corrected chi connectivity index (χ0v) is 14.7. The van der Waals surface area contributed by atoms with Crippen LogP contribution in [0.25, 0.3) is 11.1 Å². The van der Waals surface area contributed by atoms with E-state index in [-0.39, 0.29) is 11.4 Å². The van der Waals surface area contributed by atoms with Gasteiger partial charge in [-0.3, -0.25) is 4.79 Å². The van der Waals surface area contributed by atoms with E-state index in [0.717, 1.165) is 12.1 Å². The first-order valence-electron chi connectivity index (χ1n) is 8.19. The van der Waals surface area contributed by atoms with Crippen LogP contribution in [-0.2, 0) is 20.5 Å². The van der Waals surface area contributed by atoms with Gasteiger partial charge in [0, 0.05) is 0 Å². The van der Waals surface area contributed by atoms with Crippen LogP contribution in [0.5, 0.6) is 5.75 Å². The van der Waals surface area contributed by atoms with E-state index < -0.39 is 42.1 Å². The third-order valence-corrected chi connectivity index (χ3v) is 4.08. The quantitative estimate of drug-likeness (QED) is 0.558. The average molecular weight is 434 g/mol. The van der Waals surface area contributed by atoms with E-state index >= 15 is 0 Å². The Morgan fingerprint density at radius 1 is 1.00 bits per heavy atom. The van der Waals surface area contributed by atoms with Crippen molar-refractivity contribution in [2.24, 2.45) is 5.73 Å². The van der Waals surface area contributed by atoms with E-state index in [0.29, 0.717) is 11.1 Å². The zero-order chi connectivity index (χ0) is 22.3. The summed E-state index contributed by atoms with van der Waals surface area (Å²) in [6.07, 6.45) is -11.9. The lowest BCUT2D eigenvalue weighted by Gasteiger charge is -2.21. The Bertz CT molecular complexity index is 972. The van der Waals surface area contributed by atoms with Crippen LogP contribution in [0.3, 0.4) is 0 Å². The number of ether oxygens (including phenoxy) is 2. The molecule has 2 aromatic carbocycles. The molecule has 0 fully saturated rings. The van der Waals surface area contributed by atoms with Crippen molar-refractivity contribution in [1.82, 2.24) is 0 Å². The highest BCUT2D eigenvalue weighted by atomic mass is 19.4. The number of amides is 1. The molecule has 0 bridgehead atoms. The number of carbonyl (C=O) groups is 2. The number of carbonyl (C=O) groups excluding carboxylic acids is 2. The van der Waals surface area contributed by atoms with Crippen LogP contribution < -0.4 is 15.8 Å². The zero-order valence-electron chi connectivity index (χ0n) is 14.7. The molecule has 1 aliphatic heterocycles. The number of nitrogens with two attached hydrogens (primary N) is 1. The topological polar surface area (TPSA) is 90.7 Å². The second kappa shape index (κ2) is 7.52. The second-order valence-electron chi connectivity index (χ2n) is 6.19. The number of fused-ring (bicyclic) bond motifs is 1. The molecule has 1 unspecified atom stereocenters. The van der Waals surface area contributed by atoms with E-state index in [1.54, 1.807) is 0 Å². The van der Waals surface area contributed by atoms with Crippen molar-refractivity contribution >= 4 is 17.6 Å². The van der Waals surface area contributed by atoms with Gasteiger partial charge in [-0.1, -0.05) is 18.2 Å². The van der Waals surface area contributed by atoms with Gasteiger partial charge in [-0.05, 0) is 35.4 Å². The van der Waals surface area contributed by atoms with Crippen LogP contribution >= 0.6 is 0 Å². The molecule has 1 heterocycles. The van der Waals surface area contributed by atoms with Gasteiger partial charge in [0.2, 0.25) is 5.91 Å². The molecule has 12 heteroatoms.